The lowest BCUT2D eigenvalue weighted by atomic mass is 10.3. The van der Waals surface area contributed by atoms with Crippen molar-refractivity contribution in [2.45, 2.75) is 6.10 Å². The first-order valence-electron chi connectivity index (χ1n) is 7.06. The summed E-state index contributed by atoms with van der Waals surface area (Å²) in [4.78, 5) is 26.9. The summed E-state index contributed by atoms with van der Waals surface area (Å²) in [5, 5.41) is 10.2. The van der Waals surface area contributed by atoms with Gasteiger partial charge in [0.25, 0.3) is 5.91 Å². The number of carbonyl (C=O) groups excluding carboxylic acids is 1. The molecule has 0 aromatic carbocycles. The number of aliphatic hydroxyl groups is 1. The number of aromatic nitrogens is 3. The molecule has 1 saturated heterocycles. The van der Waals surface area contributed by atoms with Crippen LogP contribution in [0, 0.1) is 0 Å². The first-order chi connectivity index (χ1) is 10.6. The Kier molecular flexibility index (Phi) is 3.92. The zero-order chi connectivity index (χ0) is 15.5. The van der Waals surface area contributed by atoms with Crippen LogP contribution >= 0.6 is 0 Å². The maximum absolute atomic E-state index is 12.4. The van der Waals surface area contributed by atoms with E-state index in [-0.39, 0.29) is 12.5 Å². The van der Waals surface area contributed by atoms with Crippen molar-refractivity contribution in [3.63, 3.8) is 0 Å². The first-order valence-corrected chi connectivity index (χ1v) is 7.06. The molecule has 116 valence electrons. The van der Waals surface area contributed by atoms with Gasteiger partial charge in [0.2, 0.25) is 0 Å². The number of hydrogen-bond acceptors (Lipinski definition) is 6. The Morgan fingerprint density at radius 2 is 2.23 bits per heavy atom. The topological polar surface area (TPSA) is 111 Å². The number of carbonyl (C=O) groups is 1. The average molecular weight is 302 g/mol. The van der Waals surface area contributed by atoms with E-state index in [1.165, 1.54) is 6.33 Å². The van der Waals surface area contributed by atoms with Gasteiger partial charge in [0.15, 0.2) is 0 Å². The summed E-state index contributed by atoms with van der Waals surface area (Å²) in [6, 6.07) is 5.16. The first kappa shape index (κ1) is 14.3. The number of rotatable bonds is 2. The average Bonchev–Trinajstić information content (AvgIpc) is 2.96. The van der Waals surface area contributed by atoms with Gasteiger partial charge in [-0.1, -0.05) is 0 Å². The predicted octanol–water partition coefficient (Wildman–Crippen LogP) is -0.290. The molecule has 1 aliphatic heterocycles. The molecule has 22 heavy (non-hydrogen) atoms. The highest BCUT2D eigenvalue weighted by atomic mass is 16.3. The molecule has 0 saturated carbocycles. The van der Waals surface area contributed by atoms with Crippen LogP contribution in [0.15, 0.2) is 30.7 Å². The summed E-state index contributed by atoms with van der Waals surface area (Å²) < 4.78 is 0. The third-order valence-electron chi connectivity index (χ3n) is 3.62. The number of amides is 1. The van der Waals surface area contributed by atoms with E-state index >= 15 is 0 Å². The number of nitrogens with two attached hydrogens (primary N) is 1. The van der Waals surface area contributed by atoms with Crippen LogP contribution in [0.25, 0.3) is 0 Å². The number of anilines is 2. The lowest BCUT2D eigenvalue weighted by Gasteiger charge is -2.22. The smallest absolute Gasteiger partial charge is 0.270 e. The van der Waals surface area contributed by atoms with Crippen molar-refractivity contribution in [2.24, 2.45) is 0 Å². The Labute approximate surface area is 127 Å². The number of aromatic amines is 1. The van der Waals surface area contributed by atoms with Gasteiger partial charge in [0.05, 0.1) is 6.10 Å². The van der Waals surface area contributed by atoms with Gasteiger partial charge in [-0.25, -0.2) is 9.97 Å². The highest BCUT2D eigenvalue weighted by molar-refractivity contribution is 5.92. The fourth-order valence-corrected chi connectivity index (χ4v) is 2.55. The summed E-state index contributed by atoms with van der Waals surface area (Å²) in [5.41, 5.74) is 6.19. The highest BCUT2D eigenvalue weighted by Crippen LogP contribution is 2.16. The van der Waals surface area contributed by atoms with Crippen LogP contribution in [-0.4, -0.2) is 63.1 Å². The van der Waals surface area contributed by atoms with Crippen molar-refractivity contribution in [3.05, 3.63) is 36.4 Å². The number of nitrogens with one attached hydrogen (secondary N) is 1. The van der Waals surface area contributed by atoms with Crippen molar-refractivity contribution in [2.75, 3.05) is 36.8 Å². The number of hydrogen-bond donors (Lipinski definition) is 3. The van der Waals surface area contributed by atoms with Crippen molar-refractivity contribution in [1.82, 2.24) is 19.9 Å². The number of H-pyrrole nitrogens is 1. The summed E-state index contributed by atoms with van der Waals surface area (Å²) >= 11 is 0. The summed E-state index contributed by atoms with van der Waals surface area (Å²) in [5.74, 6) is 0.914. The monoisotopic (exact) mass is 302 g/mol. The Morgan fingerprint density at radius 3 is 2.95 bits per heavy atom. The van der Waals surface area contributed by atoms with Gasteiger partial charge in [0, 0.05) is 38.4 Å². The van der Waals surface area contributed by atoms with Crippen LogP contribution in [0.4, 0.5) is 11.6 Å². The molecule has 3 heterocycles. The minimum atomic E-state index is -0.655. The molecule has 8 heteroatoms. The molecule has 4 N–H and O–H groups in total. The lowest BCUT2D eigenvalue weighted by molar-refractivity contribution is 0.0669. The maximum atomic E-state index is 12.4. The number of aliphatic hydroxyl groups excluding tert-OH is 1. The largest absolute Gasteiger partial charge is 0.389 e. The normalized spacial score (nSPS) is 19.0. The van der Waals surface area contributed by atoms with Crippen molar-refractivity contribution < 1.29 is 9.90 Å². The second-order valence-corrected chi connectivity index (χ2v) is 5.24. The maximum Gasteiger partial charge on any atom is 0.270 e. The van der Waals surface area contributed by atoms with E-state index in [2.05, 4.69) is 15.0 Å². The van der Waals surface area contributed by atoms with Gasteiger partial charge >= 0.3 is 0 Å². The van der Waals surface area contributed by atoms with E-state index in [1.54, 1.807) is 29.3 Å². The van der Waals surface area contributed by atoms with Crippen LogP contribution < -0.4 is 10.6 Å². The van der Waals surface area contributed by atoms with Gasteiger partial charge in [-0.3, -0.25) is 4.79 Å². The molecule has 1 fully saturated rings. The Bertz CT molecular complexity index is 645. The molecule has 1 atom stereocenters. The molecular formula is C14H18N6O2. The van der Waals surface area contributed by atoms with Crippen LogP contribution in [0.3, 0.4) is 0 Å². The third kappa shape index (κ3) is 3.01. The summed E-state index contributed by atoms with van der Waals surface area (Å²) in [7, 11) is 0. The Hall–Kier alpha value is -2.61. The molecule has 0 bridgehead atoms. The Morgan fingerprint density at radius 1 is 1.36 bits per heavy atom. The molecule has 1 amide bonds. The van der Waals surface area contributed by atoms with Crippen molar-refractivity contribution >= 4 is 17.5 Å². The van der Waals surface area contributed by atoms with Crippen molar-refractivity contribution in [3.8, 4) is 0 Å². The van der Waals surface area contributed by atoms with E-state index in [0.717, 1.165) is 0 Å². The van der Waals surface area contributed by atoms with Crippen LogP contribution in [0.1, 0.15) is 10.5 Å². The highest BCUT2D eigenvalue weighted by Gasteiger charge is 2.26. The summed E-state index contributed by atoms with van der Waals surface area (Å²) in [6.07, 6.45) is 2.44. The SMILES string of the molecule is Nc1cc(N2CCN(C(=O)c3ccc[nH]3)C[C@H](O)C2)ncn1. The molecule has 8 nitrogen and oxygen atoms in total. The zero-order valence-corrected chi connectivity index (χ0v) is 12.0. The second kappa shape index (κ2) is 6.02. The minimum absolute atomic E-state index is 0.117. The summed E-state index contributed by atoms with van der Waals surface area (Å²) in [6.45, 7) is 1.75. The minimum Gasteiger partial charge on any atom is -0.389 e. The van der Waals surface area contributed by atoms with Gasteiger partial charge < -0.3 is 25.6 Å². The molecule has 0 radical (unpaired) electrons. The van der Waals surface area contributed by atoms with Gasteiger partial charge in [-0.2, -0.15) is 0 Å². The van der Waals surface area contributed by atoms with E-state index < -0.39 is 6.10 Å². The Balaban J connectivity index is 1.74. The molecule has 1 aliphatic rings. The van der Waals surface area contributed by atoms with Crippen LogP contribution in [0.5, 0.6) is 0 Å². The molecule has 0 unspecified atom stereocenters. The van der Waals surface area contributed by atoms with Crippen LogP contribution in [-0.2, 0) is 0 Å². The van der Waals surface area contributed by atoms with E-state index in [4.69, 9.17) is 5.73 Å². The van der Waals surface area contributed by atoms with E-state index in [1.807, 2.05) is 4.90 Å². The quantitative estimate of drug-likeness (QED) is 0.703. The van der Waals surface area contributed by atoms with E-state index in [9.17, 15) is 9.90 Å². The molecule has 0 aliphatic carbocycles. The third-order valence-corrected chi connectivity index (χ3v) is 3.62. The fourth-order valence-electron chi connectivity index (χ4n) is 2.55. The molecule has 3 rings (SSSR count). The molecule has 0 spiro atoms. The van der Waals surface area contributed by atoms with Gasteiger partial charge in [-0.15, -0.1) is 0 Å². The molecule has 2 aromatic heterocycles. The zero-order valence-electron chi connectivity index (χ0n) is 12.0. The lowest BCUT2D eigenvalue weighted by Crippen LogP contribution is -2.37. The fraction of sp³-hybridized carbons (Fsp3) is 0.357. The predicted molar refractivity (Wildman–Crippen MR) is 81.4 cm³/mol. The number of nitrogens with zero attached hydrogens (tertiary/aromatic N) is 4. The number of β-amino-alcohol motifs (C(OH)–C–C–N with tert-alkyl or cyclic N) is 1. The van der Waals surface area contributed by atoms with Gasteiger partial charge in [0.1, 0.15) is 23.7 Å². The van der Waals surface area contributed by atoms with E-state index in [0.29, 0.717) is 37.0 Å². The van der Waals surface area contributed by atoms with Crippen molar-refractivity contribution in [1.29, 1.82) is 0 Å². The number of nitrogen functional groups attached to an aromatic ring is 1. The van der Waals surface area contributed by atoms with Crippen LogP contribution in [0.2, 0.25) is 0 Å². The standard InChI is InChI=1S/C14H18N6O2/c15-12-6-13(18-9-17-12)19-4-5-20(8-10(21)7-19)14(22)11-2-1-3-16-11/h1-3,6,9-10,16,21H,4-5,7-8H2,(H2,15,17,18)/t10-/m1/s1. The molecular weight excluding hydrogens is 284 g/mol. The molecule has 2 aromatic rings. The second-order valence-electron chi connectivity index (χ2n) is 5.24. The van der Waals surface area contributed by atoms with Gasteiger partial charge in [-0.05, 0) is 12.1 Å².